The van der Waals surface area contributed by atoms with E-state index in [0.29, 0.717) is 19.4 Å². The molecule has 0 saturated carbocycles. The predicted molar refractivity (Wildman–Crippen MR) is 169 cm³/mol. The molecule has 0 amide bonds. The Kier molecular flexibility index (Phi) is 12.1. The van der Waals surface area contributed by atoms with Crippen molar-refractivity contribution in [3.63, 3.8) is 0 Å². The summed E-state index contributed by atoms with van der Waals surface area (Å²) >= 11 is 0. The van der Waals surface area contributed by atoms with E-state index in [1.165, 1.54) is 6.26 Å². The number of sulfone groups is 1. The molecule has 5 atom stereocenters. The average Bonchev–Trinajstić information content (AvgIpc) is 2.90. The number of rotatable bonds is 6. The topological polar surface area (TPSA) is 112 Å². The second-order valence-electron chi connectivity index (χ2n) is 14.5. The maximum atomic E-state index is 13.2. The normalized spacial score (nSPS) is 30.8. The van der Waals surface area contributed by atoms with Gasteiger partial charge in [-0.2, -0.15) is 0 Å². The van der Waals surface area contributed by atoms with Gasteiger partial charge in [-0.15, -0.1) is 0 Å². The van der Waals surface area contributed by atoms with Crippen molar-refractivity contribution in [3.8, 4) is 5.75 Å². The van der Waals surface area contributed by atoms with Crippen LogP contribution in [0.5, 0.6) is 5.75 Å². The quantitative estimate of drug-likeness (QED) is 0.417. The highest BCUT2D eigenvalue weighted by Gasteiger charge is 2.50. The van der Waals surface area contributed by atoms with Crippen molar-refractivity contribution in [3.05, 3.63) is 24.3 Å². The summed E-state index contributed by atoms with van der Waals surface area (Å²) in [5, 5.41) is 6.89. The first kappa shape index (κ1) is 35.8. The van der Waals surface area contributed by atoms with Crippen molar-refractivity contribution in [1.82, 2.24) is 10.6 Å². The van der Waals surface area contributed by atoms with Gasteiger partial charge in [-0.05, 0) is 102 Å². The summed E-state index contributed by atoms with van der Waals surface area (Å²) < 4.78 is 51.0. The first-order chi connectivity index (χ1) is 20.0. The zero-order valence-electron chi connectivity index (χ0n) is 27.8. The second kappa shape index (κ2) is 14.6. The van der Waals surface area contributed by atoms with E-state index in [-0.39, 0.29) is 40.3 Å². The fourth-order valence-electron chi connectivity index (χ4n) is 7.07. The Morgan fingerprint density at radius 3 is 2.35 bits per heavy atom. The molecule has 1 aromatic rings. The summed E-state index contributed by atoms with van der Waals surface area (Å²) in [6, 6.07) is 6.54. The van der Waals surface area contributed by atoms with Crippen molar-refractivity contribution < 1.29 is 32.2 Å². The molecule has 2 aliphatic rings. The number of esters is 1. The molecule has 0 spiro atoms. The van der Waals surface area contributed by atoms with Crippen LogP contribution in [0.2, 0.25) is 0 Å². The van der Waals surface area contributed by atoms with Gasteiger partial charge in [-0.1, -0.05) is 39.8 Å². The van der Waals surface area contributed by atoms with Crippen LogP contribution >= 0.6 is 0 Å². The van der Waals surface area contributed by atoms with Gasteiger partial charge in [-0.3, -0.25) is 4.79 Å². The van der Waals surface area contributed by atoms with Gasteiger partial charge in [0, 0.05) is 6.26 Å². The molecule has 0 radical (unpaired) electrons. The van der Waals surface area contributed by atoms with Gasteiger partial charge >= 0.3 is 5.97 Å². The van der Waals surface area contributed by atoms with Crippen molar-refractivity contribution in [2.75, 3.05) is 33.0 Å². The molecule has 3 rings (SSSR count). The summed E-state index contributed by atoms with van der Waals surface area (Å²) in [5.41, 5.74) is -1.48. The molecule has 2 N–H and O–H groups in total. The van der Waals surface area contributed by atoms with Gasteiger partial charge in [0.15, 0.2) is 22.2 Å². The molecule has 2 fully saturated rings. The molecule has 10 heteroatoms. The highest BCUT2D eigenvalue weighted by atomic mass is 32.2. The van der Waals surface area contributed by atoms with E-state index in [1.54, 1.807) is 24.3 Å². The minimum atomic E-state index is -3.53. The smallest absolute Gasteiger partial charge is 0.311 e. The molecule has 246 valence electrons. The number of benzene rings is 1. The zero-order chi connectivity index (χ0) is 32.1. The van der Waals surface area contributed by atoms with Crippen molar-refractivity contribution in [2.45, 2.75) is 123 Å². The molecular formula is C33H56N2O7S. The number of ether oxygens (including phenoxy) is 4. The number of carbonyl (C=O) groups is 1. The maximum absolute atomic E-state index is 13.2. The van der Waals surface area contributed by atoms with Gasteiger partial charge in [0.25, 0.3) is 0 Å². The third kappa shape index (κ3) is 9.63. The molecule has 2 aliphatic heterocycles. The van der Waals surface area contributed by atoms with Crippen LogP contribution in [0.15, 0.2) is 29.2 Å². The predicted octanol–water partition coefficient (Wildman–Crippen LogP) is 5.12. The Bertz CT molecular complexity index is 1170. The minimum Gasteiger partial charge on any atom is -0.482 e. The summed E-state index contributed by atoms with van der Waals surface area (Å²) in [5.74, 6) is 0.0777. The van der Waals surface area contributed by atoms with Crippen LogP contribution in [0, 0.1) is 16.2 Å². The van der Waals surface area contributed by atoms with Gasteiger partial charge < -0.3 is 29.6 Å². The number of cyclic esters (lactones) is 1. The summed E-state index contributed by atoms with van der Waals surface area (Å²) in [6.45, 7) is 16.9. The second-order valence-corrected chi connectivity index (χ2v) is 16.5. The molecule has 9 nitrogen and oxygen atoms in total. The number of hydrogen-bond donors (Lipinski definition) is 2. The van der Waals surface area contributed by atoms with Crippen LogP contribution in [-0.2, 0) is 28.8 Å². The van der Waals surface area contributed by atoms with E-state index in [0.717, 1.165) is 38.8 Å². The molecule has 0 aliphatic carbocycles. The zero-order valence-corrected chi connectivity index (χ0v) is 28.6. The van der Waals surface area contributed by atoms with E-state index < -0.39 is 33.1 Å². The minimum absolute atomic E-state index is 0.114. The largest absolute Gasteiger partial charge is 0.482 e. The van der Waals surface area contributed by atoms with Crippen molar-refractivity contribution in [2.24, 2.45) is 16.2 Å². The number of hydrogen-bond acceptors (Lipinski definition) is 9. The molecule has 0 bridgehead atoms. The summed E-state index contributed by atoms with van der Waals surface area (Å²) in [6.07, 6.45) is 4.23. The molecule has 1 unspecified atom stereocenters. The molecule has 0 aromatic heterocycles. The molecule has 2 saturated heterocycles. The van der Waals surface area contributed by atoms with Gasteiger partial charge in [-0.25, -0.2) is 8.42 Å². The fraction of sp³-hybridized carbons (Fsp3) is 0.788. The fourth-order valence-corrected chi connectivity index (χ4v) is 7.88. The lowest BCUT2D eigenvalue weighted by atomic mass is 9.64. The standard InChI is InChI=1S/C33H56N2O7S/c1-23-21-24(34-8)27(41-25-15-10-11-16-26(25)43(9,37)38)28(40-23)42-29-31(2,3)17-14-19-35-18-12-13-20-39-30(36)33(6,7)22-32(29,4)5/h10-11,15-16,23-24,27-29,34-35H,12-14,17-22H2,1-9H3/t23-,24+,27-,28+,29?/m1/s1. The Balaban J connectivity index is 2.02. The van der Waals surface area contributed by atoms with Crippen LogP contribution in [0.4, 0.5) is 0 Å². The highest BCUT2D eigenvalue weighted by molar-refractivity contribution is 7.90. The monoisotopic (exact) mass is 624 g/mol. The lowest BCUT2D eigenvalue weighted by Crippen LogP contribution is -2.59. The Morgan fingerprint density at radius 2 is 1.67 bits per heavy atom. The molecule has 1 aromatic carbocycles. The number of carbonyl (C=O) groups excluding carboxylic acids is 1. The molecule has 2 heterocycles. The number of para-hydroxylation sites is 1. The van der Waals surface area contributed by atoms with Gasteiger partial charge in [0.05, 0.1) is 30.3 Å². The Morgan fingerprint density at radius 1 is 1.00 bits per heavy atom. The third-order valence-electron chi connectivity index (χ3n) is 8.80. The van der Waals surface area contributed by atoms with Gasteiger partial charge in [0.2, 0.25) is 0 Å². The Hall–Kier alpha value is -1.72. The lowest BCUT2D eigenvalue weighted by molar-refractivity contribution is -0.286. The number of likely N-dealkylation sites (N-methyl/N-ethyl adjacent to an activating group) is 1. The van der Waals surface area contributed by atoms with E-state index in [9.17, 15) is 13.2 Å². The summed E-state index contributed by atoms with van der Waals surface area (Å²) in [4.78, 5) is 13.4. The van der Waals surface area contributed by atoms with E-state index in [2.05, 4.69) is 38.3 Å². The van der Waals surface area contributed by atoms with E-state index in [1.807, 2.05) is 27.8 Å². The maximum Gasteiger partial charge on any atom is 0.311 e. The molecule has 43 heavy (non-hydrogen) atoms. The molecular weight excluding hydrogens is 568 g/mol. The first-order valence-electron chi connectivity index (χ1n) is 15.8. The highest BCUT2D eigenvalue weighted by Crippen LogP contribution is 2.47. The van der Waals surface area contributed by atoms with Crippen LogP contribution < -0.4 is 15.4 Å². The van der Waals surface area contributed by atoms with E-state index in [4.69, 9.17) is 18.9 Å². The van der Waals surface area contributed by atoms with Crippen LogP contribution in [-0.4, -0.2) is 78.0 Å². The Labute approximate surface area is 260 Å². The van der Waals surface area contributed by atoms with Crippen LogP contribution in [0.1, 0.15) is 87.0 Å². The summed E-state index contributed by atoms with van der Waals surface area (Å²) in [7, 11) is -1.65. The van der Waals surface area contributed by atoms with Crippen LogP contribution in [0.3, 0.4) is 0 Å². The average molecular weight is 625 g/mol. The third-order valence-corrected chi connectivity index (χ3v) is 9.93. The van der Waals surface area contributed by atoms with E-state index >= 15 is 0 Å². The van der Waals surface area contributed by atoms with Crippen molar-refractivity contribution in [1.29, 1.82) is 0 Å². The first-order valence-corrected chi connectivity index (χ1v) is 17.7. The SMILES string of the molecule is CN[C@H]1C[C@@H](C)O[C@@H](OC2C(C)(C)CCCNCCCCOC(=O)C(C)(C)CC2(C)C)[C@@H]1Oc1ccccc1S(C)(=O)=O. The van der Waals surface area contributed by atoms with Crippen molar-refractivity contribution >= 4 is 15.8 Å². The lowest BCUT2D eigenvalue weighted by Gasteiger charge is -2.50. The van der Waals surface area contributed by atoms with Gasteiger partial charge in [0.1, 0.15) is 10.6 Å². The van der Waals surface area contributed by atoms with Crippen LogP contribution in [0.25, 0.3) is 0 Å². The number of nitrogens with one attached hydrogen (secondary N) is 2.